The number of para-hydroxylation sites is 1. The van der Waals surface area contributed by atoms with Gasteiger partial charge in [-0.1, -0.05) is 72.8 Å². The number of nitrogens with zero attached hydrogens (tertiary/aromatic N) is 1. The molecule has 8 heteroatoms. The van der Waals surface area contributed by atoms with Crippen molar-refractivity contribution < 1.29 is 19.1 Å². The topological polar surface area (TPSA) is 87.7 Å². The zero-order valence-corrected chi connectivity index (χ0v) is 23.8. The Kier molecular flexibility index (Phi) is 11.0. The molecule has 0 heterocycles. The summed E-state index contributed by atoms with van der Waals surface area (Å²) in [6.45, 7) is 13.2. The van der Waals surface area contributed by atoms with Crippen molar-refractivity contribution >= 4 is 35.2 Å². The van der Waals surface area contributed by atoms with E-state index in [1.54, 1.807) is 31.7 Å². The molecule has 0 aromatic heterocycles. The number of hydrogen-bond acceptors (Lipinski definition) is 4. The first kappa shape index (κ1) is 30.2. The third kappa shape index (κ3) is 9.39. The number of benzene rings is 2. The summed E-state index contributed by atoms with van der Waals surface area (Å²) in [5.74, 6) is -0.750. The molecular weight excluding hydrogens is 490 g/mol. The van der Waals surface area contributed by atoms with E-state index in [0.717, 1.165) is 29.5 Å². The van der Waals surface area contributed by atoms with E-state index in [-0.39, 0.29) is 18.4 Å². The highest BCUT2D eigenvalue weighted by atomic mass is 35.5. The minimum Gasteiger partial charge on any atom is -0.444 e. The molecule has 3 amide bonds. The Balaban J connectivity index is 2.46. The van der Waals surface area contributed by atoms with Gasteiger partial charge in [0.15, 0.2) is 0 Å². The highest BCUT2D eigenvalue weighted by molar-refractivity contribution is 6.34. The van der Waals surface area contributed by atoms with Gasteiger partial charge in [0.05, 0.1) is 10.7 Å². The summed E-state index contributed by atoms with van der Waals surface area (Å²) in [4.78, 5) is 41.2. The van der Waals surface area contributed by atoms with Crippen molar-refractivity contribution in [1.29, 1.82) is 0 Å². The first-order valence-corrected chi connectivity index (χ1v) is 13.1. The minimum absolute atomic E-state index is 0.291. The SMILES string of the molecule is CCCCCN(C(=O)CNC(=O)OC(C)(C)C)C(C(=O)Nc1c(C)cccc1Cl)c1cc(C)cc(C)c1. The summed E-state index contributed by atoms with van der Waals surface area (Å²) in [7, 11) is 0. The van der Waals surface area contributed by atoms with Gasteiger partial charge in [-0.05, 0) is 65.2 Å². The lowest BCUT2D eigenvalue weighted by Gasteiger charge is -2.32. The van der Waals surface area contributed by atoms with Crippen LogP contribution in [0.1, 0.15) is 75.3 Å². The number of anilines is 1. The molecule has 0 radical (unpaired) electrons. The summed E-state index contributed by atoms with van der Waals surface area (Å²) in [5, 5.41) is 5.92. The number of halogens is 1. The molecule has 0 aliphatic rings. The Morgan fingerprint density at radius 3 is 2.24 bits per heavy atom. The number of ether oxygens (including phenoxy) is 1. The van der Waals surface area contributed by atoms with E-state index in [1.165, 1.54) is 0 Å². The third-order valence-electron chi connectivity index (χ3n) is 5.70. The fourth-order valence-electron chi connectivity index (χ4n) is 4.12. The fraction of sp³-hybridized carbons (Fsp3) is 0.483. The number of carbonyl (C=O) groups excluding carboxylic acids is 3. The second kappa shape index (κ2) is 13.5. The molecule has 0 spiro atoms. The lowest BCUT2D eigenvalue weighted by molar-refractivity contribution is -0.138. The molecule has 7 nitrogen and oxygen atoms in total. The van der Waals surface area contributed by atoms with Gasteiger partial charge in [0.25, 0.3) is 5.91 Å². The molecule has 0 saturated carbocycles. The number of aryl methyl sites for hydroxylation is 3. The van der Waals surface area contributed by atoms with Gasteiger partial charge in [-0.2, -0.15) is 0 Å². The monoisotopic (exact) mass is 529 g/mol. The van der Waals surface area contributed by atoms with Crippen molar-refractivity contribution in [2.24, 2.45) is 0 Å². The number of carbonyl (C=O) groups is 3. The third-order valence-corrected chi connectivity index (χ3v) is 6.01. The molecule has 2 aromatic rings. The number of alkyl carbamates (subject to hydrolysis) is 1. The zero-order valence-electron chi connectivity index (χ0n) is 23.0. The Labute approximate surface area is 225 Å². The van der Waals surface area contributed by atoms with Crippen LogP contribution < -0.4 is 10.6 Å². The predicted octanol–water partition coefficient (Wildman–Crippen LogP) is 6.49. The summed E-state index contributed by atoms with van der Waals surface area (Å²) in [5.41, 5.74) is 3.29. The number of unbranched alkanes of at least 4 members (excludes halogenated alkanes) is 2. The lowest BCUT2D eigenvalue weighted by Crippen LogP contribution is -2.47. The molecule has 1 atom stereocenters. The maximum absolute atomic E-state index is 13.9. The molecule has 0 aliphatic heterocycles. The Bertz CT molecular complexity index is 1070. The van der Waals surface area contributed by atoms with Crippen molar-refractivity contribution in [3.63, 3.8) is 0 Å². The van der Waals surface area contributed by atoms with Gasteiger partial charge in [0.2, 0.25) is 5.91 Å². The van der Waals surface area contributed by atoms with Crippen LogP contribution in [0.25, 0.3) is 0 Å². The Morgan fingerprint density at radius 1 is 1.03 bits per heavy atom. The molecule has 2 aromatic carbocycles. The van der Waals surface area contributed by atoms with Crippen molar-refractivity contribution in [2.45, 2.75) is 79.4 Å². The second-order valence-electron chi connectivity index (χ2n) is 10.4. The molecule has 0 saturated heterocycles. The molecular formula is C29H40ClN3O4. The van der Waals surface area contributed by atoms with Crippen LogP contribution >= 0.6 is 11.6 Å². The van der Waals surface area contributed by atoms with Crippen LogP contribution in [0.2, 0.25) is 5.02 Å². The molecule has 1 unspecified atom stereocenters. The van der Waals surface area contributed by atoms with Gasteiger partial charge < -0.3 is 20.3 Å². The molecule has 2 rings (SSSR count). The summed E-state index contributed by atoms with van der Waals surface area (Å²) < 4.78 is 5.28. The maximum atomic E-state index is 13.9. The van der Waals surface area contributed by atoms with Gasteiger partial charge in [-0.3, -0.25) is 9.59 Å². The van der Waals surface area contributed by atoms with Gasteiger partial charge >= 0.3 is 6.09 Å². The number of rotatable bonds is 10. The zero-order chi connectivity index (χ0) is 27.8. The number of amides is 3. The first-order chi connectivity index (χ1) is 17.3. The van der Waals surface area contributed by atoms with Gasteiger partial charge in [0, 0.05) is 6.54 Å². The summed E-state index contributed by atoms with van der Waals surface area (Å²) in [6, 6.07) is 10.3. The van der Waals surface area contributed by atoms with E-state index < -0.39 is 17.7 Å². The van der Waals surface area contributed by atoms with Gasteiger partial charge in [-0.25, -0.2) is 4.79 Å². The molecule has 0 fully saturated rings. The van der Waals surface area contributed by atoms with Crippen LogP contribution in [-0.4, -0.2) is 41.5 Å². The quantitative estimate of drug-likeness (QED) is 0.344. The van der Waals surface area contributed by atoms with Crippen molar-refractivity contribution in [1.82, 2.24) is 10.2 Å². The van der Waals surface area contributed by atoms with Crippen molar-refractivity contribution in [3.8, 4) is 0 Å². The fourth-order valence-corrected chi connectivity index (χ4v) is 4.38. The predicted molar refractivity (Wildman–Crippen MR) is 149 cm³/mol. The lowest BCUT2D eigenvalue weighted by atomic mass is 9.98. The van der Waals surface area contributed by atoms with Crippen LogP contribution in [-0.2, 0) is 14.3 Å². The second-order valence-corrected chi connectivity index (χ2v) is 10.8. The number of nitrogens with one attached hydrogen (secondary N) is 2. The minimum atomic E-state index is -0.918. The van der Waals surface area contributed by atoms with Crippen LogP contribution in [0, 0.1) is 20.8 Å². The van der Waals surface area contributed by atoms with Crippen molar-refractivity contribution in [3.05, 3.63) is 63.7 Å². The Morgan fingerprint density at radius 2 is 1.68 bits per heavy atom. The number of hydrogen-bond donors (Lipinski definition) is 2. The van der Waals surface area contributed by atoms with E-state index in [9.17, 15) is 14.4 Å². The van der Waals surface area contributed by atoms with E-state index in [1.807, 2.05) is 51.1 Å². The van der Waals surface area contributed by atoms with Gasteiger partial charge in [-0.15, -0.1) is 0 Å². The highest BCUT2D eigenvalue weighted by Gasteiger charge is 2.32. The maximum Gasteiger partial charge on any atom is 0.408 e. The normalized spacial score (nSPS) is 12.0. The Hall–Kier alpha value is -3.06. The summed E-state index contributed by atoms with van der Waals surface area (Å²) in [6.07, 6.45) is 1.88. The first-order valence-electron chi connectivity index (χ1n) is 12.7. The molecule has 0 bridgehead atoms. The molecule has 2 N–H and O–H groups in total. The highest BCUT2D eigenvalue weighted by Crippen LogP contribution is 2.30. The smallest absolute Gasteiger partial charge is 0.408 e. The van der Waals surface area contributed by atoms with E-state index in [2.05, 4.69) is 17.6 Å². The van der Waals surface area contributed by atoms with E-state index in [4.69, 9.17) is 16.3 Å². The van der Waals surface area contributed by atoms with E-state index >= 15 is 0 Å². The molecule has 0 aliphatic carbocycles. The van der Waals surface area contributed by atoms with E-state index in [0.29, 0.717) is 29.2 Å². The van der Waals surface area contributed by atoms with Crippen LogP contribution in [0.4, 0.5) is 10.5 Å². The average molecular weight is 530 g/mol. The van der Waals surface area contributed by atoms with Crippen LogP contribution in [0.5, 0.6) is 0 Å². The molecule has 202 valence electrons. The molecule has 37 heavy (non-hydrogen) atoms. The standard InChI is InChI=1S/C29H40ClN3O4/c1-8-9-10-14-33(24(34)18-31-28(36)37-29(5,6)7)26(22-16-19(2)15-20(3)17-22)27(35)32-25-21(4)12-11-13-23(25)30/h11-13,15-17,26H,8-10,14,18H2,1-7H3,(H,31,36)(H,32,35). The van der Waals surface area contributed by atoms with Gasteiger partial charge in [0.1, 0.15) is 18.2 Å². The van der Waals surface area contributed by atoms with Crippen molar-refractivity contribution in [2.75, 3.05) is 18.4 Å². The largest absolute Gasteiger partial charge is 0.444 e. The van der Waals surface area contributed by atoms with Crippen LogP contribution in [0.15, 0.2) is 36.4 Å². The van der Waals surface area contributed by atoms with Crippen LogP contribution in [0.3, 0.4) is 0 Å². The average Bonchev–Trinajstić information content (AvgIpc) is 2.77. The summed E-state index contributed by atoms with van der Waals surface area (Å²) >= 11 is 6.40.